The van der Waals surface area contributed by atoms with Gasteiger partial charge in [-0.3, -0.25) is 23.7 Å². The van der Waals surface area contributed by atoms with E-state index in [0.717, 1.165) is 48.7 Å². The molecule has 2 aromatic rings. The van der Waals surface area contributed by atoms with E-state index in [9.17, 15) is 22.8 Å². The van der Waals surface area contributed by atoms with E-state index in [2.05, 4.69) is 65.4 Å². The predicted molar refractivity (Wildman–Crippen MR) is 202 cm³/mol. The van der Waals surface area contributed by atoms with E-state index in [1.807, 2.05) is 27.7 Å². The Hall–Kier alpha value is -3.67. The monoisotopic (exact) mass is 735 g/mol. The smallest absolute Gasteiger partial charge is 0.297 e. The van der Waals surface area contributed by atoms with Crippen LogP contribution >= 0.6 is 0 Å². The van der Waals surface area contributed by atoms with Gasteiger partial charge in [0.2, 0.25) is 21.8 Å². The Labute approximate surface area is 309 Å². The minimum atomic E-state index is -4.01. The molecule has 1 aromatic carbocycles. The van der Waals surface area contributed by atoms with Crippen molar-refractivity contribution in [3.63, 3.8) is 0 Å². The van der Waals surface area contributed by atoms with Gasteiger partial charge in [0.1, 0.15) is 17.7 Å². The predicted octanol–water partition coefficient (Wildman–Crippen LogP) is 6.14. The first-order valence-corrected chi connectivity index (χ1v) is 20.7. The zero-order valence-corrected chi connectivity index (χ0v) is 32.6. The number of ether oxygens (including phenoxy) is 1. The van der Waals surface area contributed by atoms with Gasteiger partial charge >= 0.3 is 0 Å². The number of hydrogen-bond acceptors (Lipinski definition) is 7. The van der Waals surface area contributed by atoms with E-state index in [0.29, 0.717) is 31.7 Å². The summed E-state index contributed by atoms with van der Waals surface area (Å²) in [6, 6.07) is 5.80. The van der Waals surface area contributed by atoms with Crippen LogP contribution in [0.25, 0.3) is 11.0 Å². The van der Waals surface area contributed by atoms with Gasteiger partial charge in [-0.15, -0.1) is 6.58 Å². The fourth-order valence-corrected chi connectivity index (χ4v) is 9.54. The fraction of sp³-hybridized carbons (Fsp3) is 0.650. The van der Waals surface area contributed by atoms with Crippen molar-refractivity contribution in [2.45, 2.75) is 141 Å². The Balaban J connectivity index is 1.35. The van der Waals surface area contributed by atoms with Crippen LogP contribution in [0.4, 0.5) is 0 Å². The number of para-hydroxylation sites is 1. The van der Waals surface area contributed by atoms with Gasteiger partial charge < -0.3 is 15.0 Å². The largest absolute Gasteiger partial charge is 0.459 e. The Kier molecular flexibility index (Phi) is 10.5. The van der Waals surface area contributed by atoms with Gasteiger partial charge in [0.25, 0.3) is 11.9 Å². The lowest BCUT2D eigenvalue weighted by Crippen LogP contribution is -2.57. The highest BCUT2D eigenvalue weighted by Crippen LogP contribution is 2.49. The second-order valence-corrected chi connectivity index (χ2v) is 19.0. The van der Waals surface area contributed by atoms with Crippen molar-refractivity contribution in [2.75, 3.05) is 6.54 Å². The molecule has 52 heavy (non-hydrogen) atoms. The molecule has 3 heterocycles. The molecule has 2 N–H and O–H groups in total. The number of carbonyl (C=O) groups is 3. The van der Waals surface area contributed by atoms with Crippen LogP contribution in [0.3, 0.4) is 0 Å². The number of fused-ring (bicyclic) bond motifs is 3. The first-order valence-electron chi connectivity index (χ1n) is 19.2. The highest BCUT2D eigenvalue weighted by atomic mass is 32.2. The van der Waals surface area contributed by atoms with E-state index in [4.69, 9.17) is 9.72 Å². The standard InChI is InChI=1S/C40H57N5O6S/c1-8-29-24-40(29)36(48)43-52(49,50)39(21-22-39)20-15-13-11-9-10-12-14-17-28-18-16-19-31-33(28)41-37(45(31)26(2)3)51-30-23-32(34(46)42-40)44(25-30)35(47)27(4)38(5,6)7/h8,11,13,16,18-19,26-27,29-30,32H,1,9-10,12,14-15,17,20-25H2,2-7H3,(H,42,46)(H,43,48)/b13-11+/t27-,29-,30-,32+,40-/m1/s1. The van der Waals surface area contributed by atoms with Crippen LogP contribution in [-0.4, -0.2) is 69.6 Å². The highest BCUT2D eigenvalue weighted by Gasteiger charge is 2.63. The molecule has 6 rings (SSSR count). The lowest BCUT2D eigenvalue weighted by atomic mass is 9.81. The summed E-state index contributed by atoms with van der Waals surface area (Å²) in [5.41, 5.74) is 1.21. The quantitative estimate of drug-likeness (QED) is 0.361. The molecule has 2 aliphatic carbocycles. The molecule has 11 nitrogen and oxygen atoms in total. The molecule has 12 heteroatoms. The van der Waals surface area contributed by atoms with Crippen LogP contribution in [0.5, 0.6) is 6.01 Å². The van der Waals surface area contributed by atoms with Crippen LogP contribution in [0.15, 0.2) is 43.0 Å². The van der Waals surface area contributed by atoms with Gasteiger partial charge in [0, 0.05) is 24.3 Å². The molecule has 4 aliphatic rings. The average Bonchev–Trinajstić information content (AvgIpc) is 3.94. The number of nitrogens with one attached hydrogen (secondary N) is 2. The van der Waals surface area contributed by atoms with Crippen molar-refractivity contribution in [1.29, 1.82) is 0 Å². The number of imidazole rings is 1. The molecule has 0 unspecified atom stereocenters. The number of rotatable bonds is 3. The zero-order valence-electron chi connectivity index (χ0n) is 31.7. The Morgan fingerprint density at radius 1 is 1.08 bits per heavy atom. The van der Waals surface area contributed by atoms with Gasteiger partial charge in [-0.2, -0.15) is 4.98 Å². The zero-order chi connectivity index (χ0) is 37.6. The van der Waals surface area contributed by atoms with Crippen molar-refractivity contribution < 1.29 is 27.5 Å². The average molecular weight is 736 g/mol. The van der Waals surface area contributed by atoms with E-state index >= 15 is 0 Å². The number of sulfonamides is 1. The lowest BCUT2D eigenvalue weighted by Gasteiger charge is -2.33. The summed E-state index contributed by atoms with van der Waals surface area (Å²) in [5.74, 6) is -2.31. The molecule has 5 atom stereocenters. The van der Waals surface area contributed by atoms with Crippen molar-refractivity contribution >= 4 is 38.8 Å². The molecular weight excluding hydrogens is 679 g/mol. The molecule has 3 fully saturated rings. The van der Waals surface area contributed by atoms with Crippen LogP contribution < -0.4 is 14.8 Å². The van der Waals surface area contributed by atoms with E-state index in [1.165, 1.54) is 0 Å². The number of allylic oxidation sites excluding steroid dienone is 2. The molecule has 2 aliphatic heterocycles. The number of aromatic nitrogens is 2. The normalized spacial score (nSPS) is 29.3. The summed E-state index contributed by atoms with van der Waals surface area (Å²) >= 11 is 0. The topological polar surface area (TPSA) is 140 Å². The second-order valence-electron chi connectivity index (χ2n) is 16.9. The number of nitrogens with zero attached hydrogens (tertiary/aromatic N) is 3. The summed E-state index contributed by atoms with van der Waals surface area (Å²) in [7, 11) is -4.01. The number of carbonyl (C=O) groups excluding carboxylic acids is 3. The third-order valence-electron chi connectivity index (χ3n) is 12.0. The summed E-state index contributed by atoms with van der Waals surface area (Å²) in [4.78, 5) is 48.9. The van der Waals surface area contributed by atoms with Crippen molar-refractivity contribution in [3.05, 3.63) is 48.6 Å². The van der Waals surface area contributed by atoms with Crippen molar-refractivity contribution in [2.24, 2.45) is 17.3 Å². The van der Waals surface area contributed by atoms with Gasteiger partial charge in [0.15, 0.2) is 0 Å². The molecule has 0 radical (unpaired) electrons. The van der Waals surface area contributed by atoms with Crippen LogP contribution in [-0.2, 0) is 30.8 Å². The van der Waals surface area contributed by atoms with Gasteiger partial charge in [-0.25, -0.2) is 8.42 Å². The molecule has 2 saturated carbocycles. The Morgan fingerprint density at radius 3 is 2.46 bits per heavy atom. The van der Waals surface area contributed by atoms with Crippen molar-refractivity contribution in [3.8, 4) is 6.01 Å². The number of aryl methyl sites for hydroxylation is 1. The maximum absolute atomic E-state index is 14.3. The number of likely N-dealkylation sites (tertiary alicyclic amines) is 1. The maximum Gasteiger partial charge on any atom is 0.297 e. The SMILES string of the molecule is C=C[C@@H]1C[C@@]12NC(=O)[C@@H]1C[C@H](CN1C(=O)[C@@H](C)C(C)(C)C)Oc1nc3c(cccc3n1C(C)C)CCCCC/C=C/CCC1(CC1)S(=O)(=O)NC2=O. The minimum absolute atomic E-state index is 0.0407. The molecule has 1 saturated heterocycles. The van der Waals surface area contributed by atoms with Crippen LogP contribution in [0.2, 0.25) is 0 Å². The number of hydrogen-bond donors (Lipinski definition) is 2. The van der Waals surface area contributed by atoms with E-state index in [-0.39, 0.29) is 36.8 Å². The van der Waals surface area contributed by atoms with E-state index in [1.54, 1.807) is 11.0 Å². The van der Waals surface area contributed by atoms with Crippen LogP contribution in [0, 0.1) is 17.3 Å². The summed E-state index contributed by atoms with van der Waals surface area (Å²) < 4.78 is 37.4. The first-order chi connectivity index (χ1) is 24.5. The Bertz CT molecular complexity index is 1850. The van der Waals surface area contributed by atoms with Gasteiger partial charge in [-0.1, -0.05) is 64.5 Å². The molecule has 3 amide bonds. The fourth-order valence-electron chi connectivity index (χ4n) is 7.87. The molecular formula is C40H57N5O6S. The highest BCUT2D eigenvalue weighted by molar-refractivity contribution is 7.91. The Morgan fingerprint density at radius 2 is 1.81 bits per heavy atom. The number of benzene rings is 1. The molecule has 284 valence electrons. The molecule has 4 bridgehead atoms. The van der Waals surface area contributed by atoms with Crippen LogP contribution in [0.1, 0.15) is 117 Å². The maximum atomic E-state index is 14.3. The third-order valence-corrected chi connectivity index (χ3v) is 14.2. The van der Waals surface area contributed by atoms with Gasteiger partial charge in [0.05, 0.1) is 22.3 Å². The molecule has 1 aromatic heterocycles. The second kappa shape index (κ2) is 14.3. The van der Waals surface area contributed by atoms with Gasteiger partial charge in [-0.05, 0) is 88.7 Å². The summed E-state index contributed by atoms with van der Waals surface area (Å²) in [6.45, 7) is 16.0. The van der Waals surface area contributed by atoms with Crippen molar-refractivity contribution in [1.82, 2.24) is 24.5 Å². The summed E-state index contributed by atoms with van der Waals surface area (Å²) in [5, 5.41) is 2.92. The molecule has 2 spiro atoms. The lowest BCUT2D eigenvalue weighted by molar-refractivity contribution is -0.144. The third kappa shape index (κ3) is 7.28. The van der Waals surface area contributed by atoms with E-state index < -0.39 is 56.1 Å². The first kappa shape index (κ1) is 38.1. The number of amides is 3. The minimum Gasteiger partial charge on any atom is -0.459 e. The summed E-state index contributed by atoms with van der Waals surface area (Å²) in [6.07, 6.45) is 12.5.